The molecule has 0 saturated carbocycles. The molecular weight excluding hydrogens is 434 g/mol. The van der Waals surface area contributed by atoms with E-state index < -0.39 is 0 Å². The highest BCUT2D eigenvalue weighted by Crippen LogP contribution is 2.06. The number of ether oxygens (including phenoxy) is 1. The SMILES string of the molecule is CN=C(NCCCCN1CCOCC1)NCCc1ccccc1F.I. The Kier molecular flexibility index (Phi) is 11.8. The summed E-state index contributed by atoms with van der Waals surface area (Å²) in [4.78, 5) is 6.65. The zero-order valence-corrected chi connectivity index (χ0v) is 17.3. The number of morpholine rings is 1. The van der Waals surface area contributed by atoms with Gasteiger partial charge in [0.25, 0.3) is 0 Å². The molecule has 2 N–H and O–H groups in total. The van der Waals surface area contributed by atoms with E-state index in [0.29, 0.717) is 13.0 Å². The fourth-order valence-corrected chi connectivity index (χ4v) is 2.73. The number of unbranched alkanes of at least 4 members (excludes halogenated alkanes) is 1. The van der Waals surface area contributed by atoms with Crippen molar-refractivity contribution in [1.82, 2.24) is 15.5 Å². The van der Waals surface area contributed by atoms with Gasteiger partial charge in [-0.2, -0.15) is 0 Å². The van der Waals surface area contributed by atoms with E-state index in [2.05, 4.69) is 20.5 Å². The van der Waals surface area contributed by atoms with Crippen LogP contribution in [0.25, 0.3) is 0 Å². The first-order chi connectivity index (χ1) is 11.8. The van der Waals surface area contributed by atoms with E-state index >= 15 is 0 Å². The van der Waals surface area contributed by atoms with E-state index in [1.165, 1.54) is 12.5 Å². The Hall–Kier alpha value is -0.930. The first-order valence-corrected chi connectivity index (χ1v) is 8.77. The molecule has 1 saturated heterocycles. The predicted molar refractivity (Wildman–Crippen MR) is 111 cm³/mol. The number of benzene rings is 1. The molecule has 0 spiro atoms. The van der Waals surface area contributed by atoms with Crippen molar-refractivity contribution in [2.75, 3.05) is 53.0 Å². The van der Waals surface area contributed by atoms with Crippen molar-refractivity contribution < 1.29 is 9.13 Å². The monoisotopic (exact) mass is 464 g/mol. The van der Waals surface area contributed by atoms with Crippen LogP contribution in [0.3, 0.4) is 0 Å². The maximum Gasteiger partial charge on any atom is 0.190 e. The molecule has 1 heterocycles. The normalized spacial score (nSPS) is 15.5. The number of nitrogens with zero attached hydrogens (tertiary/aromatic N) is 2. The highest BCUT2D eigenvalue weighted by molar-refractivity contribution is 14.0. The van der Waals surface area contributed by atoms with Crippen molar-refractivity contribution in [2.45, 2.75) is 19.3 Å². The Bertz CT molecular complexity index is 510. The lowest BCUT2D eigenvalue weighted by atomic mass is 10.1. The van der Waals surface area contributed by atoms with Crippen molar-refractivity contribution in [3.8, 4) is 0 Å². The quantitative estimate of drug-likeness (QED) is 0.268. The lowest BCUT2D eigenvalue weighted by Gasteiger charge is -2.26. The molecule has 2 rings (SSSR count). The summed E-state index contributed by atoms with van der Waals surface area (Å²) in [6, 6.07) is 6.89. The zero-order valence-electron chi connectivity index (χ0n) is 15.0. The highest BCUT2D eigenvalue weighted by Gasteiger charge is 2.09. The maximum absolute atomic E-state index is 13.6. The van der Waals surface area contributed by atoms with Crippen LogP contribution >= 0.6 is 24.0 Å². The second-order valence-electron chi connectivity index (χ2n) is 5.93. The molecule has 7 heteroatoms. The van der Waals surface area contributed by atoms with E-state index in [4.69, 9.17) is 4.74 Å². The van der Waals surface area contributed by atoms with Crippen LogP contribution in [-0.4, -0.2) is 63.8 Å². The summed E-state index contributed by atoms with van der Waals surface area (Å²) in [7, 11) is 1.76. The molecule has 1 fully saturated rings. The molecule has 1 aliphatic rings. The Morgan fingerprint density at radius 1 is 1.16 bits per heavy atom. The molecule has 1 aromatic rings. The number of nitrogens with one attached hydrogen (secondary N) is 2. The summed E-state index contributed by atoms with van der Waals surface area (Å²) in [6.07, 6.45) is 2.91. The minimum atomic E-state index is -0.148. The number of rotatable bonds is 8. The third kappa shape index (κ3) is 8.82. The Balaban J connectivity index is 0.00000312. The van der Waals surface area contributed by atoms with Gasteiger partial charge in [-0.1, -0.05) is 18.2 Å². The second kappa shape index (κ2) is 13.3. The van der Waals surface area contributed by atoms with E-state index in [1.54, 1.807) is 13.1 Å². The molecule has 25 heavy (non-hydrogen) atoms. The first kappa shape index (κ1) is 22.1. The van der Waals surface area contributed by atoms with Crippen LogP contribution in [0, 0.1) is 5.82 Å². The molecule has 0 atom stereocenters. The van der Waals surface area contributed by atoms with Gasteiger partial charge >= 0.3 is 0 Å². The molecule has 0 bridgehead atoms. The second-order valence-corrected chi connectivity index (χ2v) is 5.93. The number of hydrogen-bond donors (Lipinski definition) is 2. The smallest absolute Gasteiger partial charge is 0.190 e. The molecule has 5 nitrogen and oxygen atoms in total. The van der Waals surface area contributed by atoms with Crippen LogP contribution in [0.2, 0.25) is 0 Å². The van der Waals surface area contributed by atoms with Gasteiger partial charge in [-0.25, -0.2) is 4.39 Å². The molecule has 0 aliphatic carbocycles. The van der Waals surface area contributed by atoms with Gasteiger partial charge in [0.05, 0.1) is 13.2 Å². The standard InChI is InChI=1S/C18H29FN4O.HI/c1-20-18(22-10-8-16-6-2-3-7-17(16)19)21-9-4-5-11-23-12-14-24-15-13-23;/h2-3,6-7H,4-5,8-15H2,1H3,(H2,20,21,22);1H. The van der Waals surface area contributed by atoms with E-state index in [0.717, 1.165) is 57.3 Å². The third-order valence-electron chi connectivity index (χ3n) is 4.17. The van der Waals surface area contributed by atoms with Gasteiger partial charge in [-0.3, -0.25) is 9.89 Å². The molecule has 1 aliphatic heterocycles. The molecule has 0 aromatic heterocycles. The predicted octanol–water partition coefficient (Wildman–Crippen LogP) is 2.26. The molecule has 142 valence electrons. The van der Waals surface area contributed by atoms with Gasteiger partial charge in [0.15, 0.2) is 5.96 Å². The summed E-state index contributed by atoms with van der Waals surface area (Å²) in [5, 5.41) is 6.54. The summed E-state index contributed by atoms with van der Waals surface area (Å²) < 4.78 is 18.9. The van der Waals surface area contributed by atoms with Crippen LogP contribution in [0.4, 0.5) is 4.39 Å². The summed E-state index contributed by atoms with van der Waals surface area (Å²) >= 11 is 0. The van der Waals surface area contributed by atoms with E-state index in [-0.39, 0.29) is 29.8 Å². The van der Waals surface area contributed by atoms with E-state index in [1.807, 2.05) is 12.1 Å². The highest BCUT2D eigenvalue weighted by atomic mass is 127. The minimum absolute atomic E-state index is 0. The number of aliphatic imine (C=N–C) groups is 1. The van der Waals surface area contributed by atoms with Crippen LogP contribution in [0.15, 0.2) is 29.3 Å². The largest absolute Gasteiger partial charge is 0.379 e. The molecular formula is C18H30FIN4O. The fourth-order valence-electron chi connectivity index (χ4n) is 2.73. The van der Waals surface area contributed by atoms with Crippen LogP contribution < -0.4 is 10.6 Å². The molecule has 0 amide bonds. The lowest BCUT2D eigenvalue weighted by molar-refractivity contribution is 0.0372. The van der Waals surface area contributed by atoms with E-state index in [9.17, 15) is 4.39 Å². The fraction of sp³-hybridized carbons (Fsp3) is 0.611. The topological polar surface area (TPSA) is 48.9 Å². The van der Waals surface area contributed by atoms with Gasteiger partial charge in [0, 0.05) is 33.2 Å². The minimum Gasteiger partial charge on any atom is -0.379 e. The Morgan fingerprint density at radius 2 is 1.88 bits per heavy atom. The summed E-state index contributed by atoms with van der Waals surface area (Å²) in [5.41, 5.74) is 0.728. The van der Waals surface area contributed by atoms with Gasteiger partial charge < -0.3 is 15.4 Å². The van der Waals surface area contributed by atoms with Gasteiger partial charge in [0.1, 0.15) is 5.82 Å². The van der Waals surface area contributed by atoms with Crippen molar-refractivity contribution in [2.24, 2.45) is 4.99 Å². The van der Waals surface area contributed by atoms with Gasteiger partial charge in [-0.15, -0.1) is 24.0 Å². The van der Waals surface area contributed by atoms with Crippen LogP contribution in [0.5, 0.6) is 0 Å². The van der Waals surface area contributed by atoms with Crippen molar-refractivity contribution in [3.05, 3.63) is 35.6 Å². The maximum atomic E-state index is 13.6. The number of halogens is 2. The molecule has 1 aromatic carbocycles. The first-order valence-electron chi connectivity index (χ1n) is 8.77. The van der Waals surface area contributed by atoms with Crippen molar-refractivity contribution >= 4 is 29.9 Å². The zero-order chi connectivity index (χ0) is 17.0. The molecule has 0 unspecified atom stereocenters. The molecule has 0 radical (unpaired) electrons. The average molecular weight is 464 g/mol. The van der Waals surface area contributed by atoms with Crippen LogP contribution in [0.1, 0.15) is 18.4 Å². The lowest BCUT2D eigenvalue weighted by Crippen LogP contribution is -2.39. The van der Waals surface area contributed by atoms with Gasteiger partial charge in [0.2, 0.25) is 0 Å². The summed E-state index contributed by atoms with van der Waals surface area (Å²) in [5.74, 6) is 0.628. The van der Waals surface area contributed by atoms with Crippen LogP contribution in [-0.2, 0) is 11.2 Å². The van der Waals surface area contributed by atoms with Gasteiger partial charge in [-0.05, 0) is 37.4 Å². The Morgan fingerprint density at radius 3 is 2.60 bits per heavy atom. The summed E-state index contributed by atoms with van der Waals surface area (Å²) in [6.45, 7) is 6.50. The average Bonchev–Trinajstić information content (AvgIpc) is 2.62. The Labute approximate surface area is 167 Å². The third-order valence-corrected chi connectivity index (χ3v) is 4.17. The van der Waals surface area contributed by atoms with Crippen molar-refractivity contribution in [3.63, 3.8) is 0 Å². The van der Waals surface area contributed by atoms with Crippen molar-refractivity contribution in [1.29, 1.82) is 0 Å². The number of hydrogen-bond acceptors (Lipinski definition) is 3. The number of guanidine groups is 1.